The lowest BCUT2D eigenvalue weighted by molar-refractivity contribution is -0.222. The zero-order valence-corrected chi connectivity index (χ0v) is 14.9. The number of rotatable bonds is 4. The molecule has 0 unspecified atom stereocenters. The standard InChI is InChI=1S/C21H20O5/c1-14-5-4-6-16(11-14)13-24-17-9-7-15(8-10-17)12-18-19(22)25-21(2,3)26-20(18)23/h4-12H,13H2,1-3H3. The predicted molar refractivity (Wildman–Crippen MR) is 96.2 cm³/mol. The Labute approximate surface area is 152 Å². The quantitative estimate of drug-likeness (QED) is 0.476. The molecule has 2 aromatic rings. The van der Waals surface area contributed by atoms with Gasteiger partial charge in [0.25, 0.3) is 5.79 Å². The fourth-order valence-electron chi connectivity index (χ4n) is 2.57. The maximum Gasteiger partial charge on any atom is 0.348 e. The smallest absolute Gasteiger partial charge is 0.348 e. The van der Waals surface area contributed by atoms with Crippen molar-refractivity contribution in [2.75, 3.05) is 0 Å². The average molecular weight is 352 g/mol. The van der Waals surface area contributed by atoms with E-state index in [1.165, 1.54) is 25.5 Å². The van der Waals surface area contributed by atoms with Crippen molar-refractivity contribution >= 4 is 18.0 Å². The molecule has 0 bridgehead atoms. The van der Waals surface area contributed by atoms with Crippen LogP contribution in [0.1, 0.15) is 30.5 Å². The van der Waals surface area contributed by atoms with Gasteiger partial charge >= 0.3 is 11.9 Å². The van der Waals surface area contributed by atoms with Gasteiger partial charge in [-0.2, -0.15) is 0 Å². The molecular formula is C21H20O5. The van der Waals surface area contributed by atoms with E-state index in [0.29, 0.717) is 17.9 Å². The average Bonchev–Trinajstić information content (AvgIpc) is 2.57. The molecule has 1 saturated heterocycles. The van der Waals surface area contributed by atoms with Crippen molar-refractivity contribution in [2.45, 2.75) is 33.2 Å². The summed E-state index contributed by atoms with van der Waals surface area (Å²) in [4.78, 5) is 23.9. The van der Waals surface area contributed by atoms with Gasteiger partial charge in [0.05, 0.1) is 0 Å². The fraction of sp³-hybridized carbons (Fsp3) is 0.238. The first-order chi connectivity index (χ1) is 12.3. The van der Waals surface area contributed by atoms with Gasteiger partial charge < -0.3 is 14.2 Å². The van der Waals surface area contributed by atoms with E-state index in [1.54, 1.807) is 24.3 Å². The summed E-state index contributed by atoms with van der Waals surface area (Å²) >= 11 is 0. The van der Waals surface area contributed by atoms with E-state index in [2.05, 4.69) is 6.07 Å². The van der Waals surface area contributed by atoms with Crippen molar-refractivity contribution in [1.29, 1.82) is 0 Å². The molecule has 0 atom stereocenters. The molecule has 0 aromatic heterocycles. The van der Waals surface area contributed by atoms with Crippen LogP contribution in [-0.2, 0) is 25.7 Å². The van der Waals surface area contributed by atoms with Crippen LogP contribution in [-0.4, -0.2) is 17.7 Å². The van der Waals surface area contributed by atoms with Gasteiger partial charge in [0.1, 0.15) is 17.9 Å². The van der Waals surface area contributed by atoms with Crippen LogP contribution in [0.3, 0.4) is 0 Å². The second-order valence-electron chi connectivity index (χ2n) is 6.58. The highest BCUT2D eigenvalue weighted by Crippen LogP contribution is 2.24. The van der Waals surface area contributed by atoms with Crippen LogP contribution >= 0.6 is 0 Å². The first kappa shape index (κ1) is 17.7. The van der Waals surface area contributed by atoms with Crippen molar-refractivity contribution in [3.05, 3.63) is 70.8 Å². The van der Waals surface area contributed by atoms with Crippen LogP contribution in [0, 0.1) is 6.92 Å². The molecule has 1 aliphatic rings. The number of hydrogen-bond acceptors (Lipinski definition) is 5. The minimum absolute atomic E-state index is 0.127. The zero-order valence-electron chi connectivity index (χ0n) is 14.9. The third-order valence-electron chi connectivity index (χ3n) is 3.80. The van der Waals surface area contributed by atoms with E-state index in [-0.39, 0.29) is 5.57 Å². The maximum absolute atomic E-state index is 12.0. The Morgan fingerprint density at radius 3 is 2.27 bits per heavy atom. The monoisotopic (exact) mass is 352 g/mol. The van der Waals surface area contributed by atoms with Gasteiger partial charge in [-0.15, -0.1) is 0 Å². The van der Waals surface area contributed by atoms with Gasteiger partial charge in [-0.3, -0.25) is 0 Å². The van der Waals surface area contributed by atoms with E-state index < -0.39 is 17.7 Å². The lowest BCUT2D eigenvalue weighted by Gasteiger charge is -2.29. The van der Waals surface area contributed by atoms with Crippen LogP contribution in [0.15, 0.2) is 54.1 Å². The first-order valence-corrected chi connectivity index (χ1v) is 8.29. The van der Waals surface area contributed by atoms with E-state index >= 15 is 0 Å². The maximum atomic E-state index is 12.0. The van der Waals surface area contributed by atoms with Crippen LogP contribution < -0.4 is 4.74 Å². The minimum atomic E-state index is -1.24. The molecule has 0 N–H and O–H groups in total. The molecule has 1 aliphatic heterocycles. The number of ether oxygens (including phenoxy) is 3. The summed E-state index contributed by atoms with van der Waals surface area (Å²) in [5.41, 5.74) is 2.82. The van der Waals surface area contributed by atoms with Crippen molar-refractivity contribution in [2.24, 2.45) is 0 Å². The minimum Gasteiger partial charge on any atom is -0.489 e. The Balaban J connectivity index is 1.68. The second kappa shape index (κ2) is 7.04. The number of carbonyl (C=O) groups is 2. The van der Waals surface area contributed by atoms with Gasteiger partial charge in [-0.05, 0) is 36.3 Å². The Hall–Kier alpha value is -3.08. The number of hydrogen-bond donors (Lipinski definition) is 0. The van der Waals surface area contributed by atoms with Gasteiger partial charge in [0, 0.05) is 13.8 Å². The summed E-state index contributed by atoms with van der Waals surface area (Å²) < 4.78 is 15.9. The van der Waals surface area contributed by atoms with E-state index in [9.17, 15) is 9.59 Å². The molecule has 5 nitrogen and oxygen atoms in total. The SMILES string of the molecule is Cc1cccc(COc2ccc(C=C3C(=O)OC(C)(C)OC3=O)cc2)c1. The Morgan fingerprint density at radius 2 is 1.65 bits per heavy atom. The summed E-state index contributed by atoms with van der Waals surface area (Å²) in [5, 5.41) is 0. The summed E-state index contributed by atoms with van der Waals surface area (Å²) in [6.45, 7) is 5.53. The second-order valence-corrected chi connectivity index (χ2v) is 6.58. The van der Waals surface area contributed by atoms with Crippen molar-refractivity contribution < 1.29 is 23.8 Å². The third kappa shape index (κ3) is 4.30. The molecule has 3 rings (SSSR count). The zero-order chi connectivity index (χ0) is 18.7. The molecular weight excluding hydrogens is 332 g/mol. The Bertz CT molecular complexity index is 840. The Kier molecular flexibility index (Phi) is 4.80. The fourth-order valence-corrected chi connectivity index (χ4v) is 2.57. The lowest BCUT2D eigenvalue weighted by atomic mass is 10.1. The number of carbonyl (C=O) groups excluding carboxylic acids is 2. The largest absolute Gasteiger partial charge is 0.489 e. The van der Waals surface area contributed by atoms with Gasteiger partial charge in [0.15, 0.2) is 0 Å². The summed E-state index contributed by atoms with van der Waals surface area (Å²) in [6, 6.07) is 15.2. The number of benzene rings is 2. The van der Waals surface area contributed by atoms with Crippen LogP contribution in [0.2, 0.25) is 0 Å². The van der Waals surface area contributed by atoms with Gasteiger partial charge in [-0.25, -0.2) is 9.59 Å². The summed E-state index contributed by atoms with van der Waals surface area (Å²) in [5.74, 6) is -1.92. The highest BCUT2D eigenvalue weighted by Gasteiger charge is 2.38. The number of cyclic esters (lactones) is 2. The van der Waals surface area contributed by atoms with Gasteiger partial charge in [0.2, 0.25) is 0 Å². The van der Waals surface area contributed by atoms with E-state index in [1.807, 2.05) is 25.1 Å². The number of aryl methyl sites for hydroxylation is 1. The first-order valence-electron chi connectivity index (χ1n) is 8.29. The highest BCUT2D eigenvalue weighted by molar-refractivity contribution is 6.18. The molecule has 0 radical (unpaired) electrons. The molecule has 0 spiro atoms. The topological polar surface area (TPSA) is 61.8 Å². The van der Waals surface area contributed by atoms with E-state index in [0.717, 1.165) is 5.56 Å². The highest BCUT2D eigenvalue weighted by atomic mass is 16.7. The third-order valence-corrected chi connectivity index (χ3v) is 3.80. The molecule has 0 aliphatic carbocycles. The van der Waals surface area contributed by atoms with Crippen LogP contribution in [0.25, 0.3) is 6.08 Å². The lowest BCUT2D eigenvalue weighted by Crippen LogP contribution is -2.41. The number of esters is 2. The molecule has 134 valence electrons. The van der Waals surface area contributed by atoms with Crippen LogP contribution in [0.4, 0.5) is 0 Å². The van der Waals surface area contributed by atoms with Crippen molar-refractivity contribution in [3.63, 3.8) is 0 Å². The molecule has 1 fully saturated rings. The van der Waals surface area contributed by atoms with E-state index in [4.69, 9.17) is 14.2 Å². The van der Waals surface area contributed by atoms with Crippen molar-refractivity contribution in [3.8, 4) is 5.75 Å². The predicted octanol–water partition coefficient (Wildman–Crippen LogP) is 3.79. The summed E-state index contributed by atoms with van der Waals surface area (Å²) in [6.07, 6.45) is 1.45. The molecule has 1 heterocycles. The molecule has 2 aromatic carbocycles. The normalized spacial score (nSPS) is 15.9. The Morgan fingerprint density at radius 1 is 1.00 bits per heavy atom. The van der Waals surface area contributed by atoms with Crippen LogP contribution in [0.5, 0.6) is 5.75 Å². The summed E-state index contributed by atoms with van der Waals surface area (Å²) in [7, 11) is 0. The van der Waals surface area contributed by atoms with Crippen molar-refractivity contribution in [1.82, 2.24) is 0 Å². The molecule has 26 heavy (non-hydrogen) atoms. The molecule has 0 amide bonds. The van der Waals surface area contributed by atoms with Gasteiger partial charge in [-0.1, -0.05) is 42.0 Å². The molecule has 0 saturated carbocycles. The molecule has 5 heteroatoms.